The summed E-state index contributed by atoms with van der Waals surface area (Å²) in [5.74, 6) is 0.659. The largest absolute Gasteiger partial charge is 0.353 e. The van der Waals surface area contributed by atoms with Gasteiger partial charge in [0.1, 0.15) is 5.82 Å². The van der Waals surface area contributed by atoms with Gasteiger partial charge in [0, 0.05) is 32.4 Å². The minimum absolute atomic E-state index is 0.0257. The summed E-state index contributed by atoms with van der Waals surface area (Å²) in [5.41, 5.74) is 0. The first-order valence-corrected chi connectivity index (χ1v) is 9.22. The van der Waals surface area contributed by atoms with Gasteiger partial charge >= 0.3 is 0 Å². The summed E-state index contributed by atoms with van der Waals surface area (Å²) < 4.78 is 0.893. The fourth-order valence-corrected chi connectivity index (χ4v) is 3.82. The first-order valence-electron chi connectivity index (χ1n) is 7.61. The molecule has 0 saturated carbocycles. The van der Waals surface area contributed by atoms with Crippen LogP contribution in [0.4, 0.5) is 5.82 Å². The third-order valence-electron chi connectivity index (χ3n) is 3.80. The Balaban J connectivity index is 1.46. The highest BCUT2D eigenvalue weighted by atomic mass is 79.9. The lowest BCUT2D eigenvalue weighted by Gasteiger charge is -2.35. The number of anilines is 1. The van der Waals surface area contributed by atoms with Crippen LogP contribution in [-0.2, 0) is 4.79 Å². The third-order valence-corrected chi connectivity index (χ3v) is 5.43. The molecular formula is C16H17BrN4O2S. The number of hydrogen-bond donors (Lipinski definition) is 1. The minimum Gasteiger partial charge on any atom is -0.353 e. The molecule has 2 aromatic rings. The predicted octanol–water partition coefficient (Wildman–Crippen LogP) is 1.98. The molecule has 0 unspecified atom stereocenters. The van der Waals surface area contributed by atoms with Crippen LogP contribution in [0.3, 0.4) is 0 Å². The van der Waals surface area contributed by atoms with Gasteiger partial charge in [-0.15, -0.1) is 11.3 Å². The van der Waals surface area contributed by atoms with Crippen molar-refractivity contribution in [3.05, 3.63) is 45.2 Å². The number of thiophene rings is 1. The molecule has 6 nitrogen and oxygen atoms in total. The quantitative estimate of drug-likeness (QED) is 0.839. The molecule has 0 atom stereocenters. The molecule has 1 aliphatic heterocycles. The van der Waals surface area contributed by atoms with Crippen LogP contribution in [0.5, 0.6) is 0 Å². The molecule has 126 valence electrons. The number of pyridine rings is 1. The molecule has 0 aromatic carbocycles. The van der Waals surface area contributed by atoms with Gasteiger partial charge in [-0.1, -0.05) is 6.07 Å². The van der Waals surface area contributed by atoms with E-state index in [0.29, 0.717) is 18.0 Å². The molecule has 1 saturated heterocycles. The SMILES string of the molecule is O=C(NCC(=O)N1CCN(c2ccccn2)CC1)c1ccc(Br)s1. The predicted molar refractivity (Wildman–Crippen MR) is 97.4 cm³/mol. The van der Waals surface area contributed by atoms with Crippen LogP contribution in [0, 0.1) is 0 Å². The second-order valence-electron chi connectivity index (χ2n) is 5.34. The molecule has 2 amide bonds. The first-order chi connectivity index (χ1) is 11.6. The van der Waals surface area contributed by atoms with Crippen molar-refractivity contribution in [2.24, 2.45) is 0 Å². The van der Waals surface area contributed by atoms with Gasteiger partial charge in [-0.2, -0.15) is 0 Å². The van der Waals surface area contributed by atoms with E-state index in [2.05, 4.69) is 31.1 Å². The number of nitrogens with zero attached hydrogens (tertiary/aromatic N) is 3. The first kappa shape index (κ1) is 16.9. The summed E-state index contributed by atoms with van der Waals surface area (Å²) in [7, 11) is 0. The number of halogens is 1. The highest BCUT2D eigenvalue weighted by molar-refractivity contribution is 9.11. The summed E-state index contributed by atoms with van der Waals surface area (Å²) in [6, 6.07) is 9.37. The third kappa shape index (κ3) is 4.12. The number of carbonyl (C=O) groups is 2. The standard InChI is InChI=1S/C16H17BrN4O2S/c17-13-5-4-12(24-13)16(23)19-11-15(22)21-9-7-20(8-10-21)14-3-1-2-6-18-14/h1-6H,7-11H2,(H,19,23). The number of rotatable bonds is 4. The summed E-state index contributed by atoms with van der Waals surface area (Å²) in [5, 5.41) is 2.69. The molecule has 1 aliphatic rings. The maximum atomic E-state index is 12.3. The Bertz CT molecular complexity index is 714. The van der Waals surface area contributed by atoms with Gasteiger partial charge in [0.25, 0.3) is 5.91 Å². The lowest BCUT2D eigenvalue weighted by atomic mass is 10.3. The molecule has 1 fully saturated rings. The van der Waals surface area contributed by atoms with Crippen molar-refractivity contribution in [3.63, 3.8) is 0 Å². The lowest BCUT2D eigenvalue weighted by molar-refractivity contribution is -0.130. The van der Waals surface area contributed by atoms with Gasteiger partial charge in [-0.3, -0.25) is 9.59 Å². The van der Waals surface area contributed by atoms with Crippen molar-refractivity contribution < 1.29 is 9.59 Å². The highest BCUT2D eigenvalue weighted by Crippen LogP contribution is 2.21. The Kier molecular flexibility index (Phi) is 5.47. The molecule has 3 rings (SSSR count). The van der Waals surface area contributed by atoms with E-state index in [0.717, 1.165) is 22.7 Å². The van der Waals surface area contributed by atoms with Crippen molar-refractivity contribution in [2.75, 3.05) is 37.6 Å². The van der Waals surface area contributed by atoms with Crippen LogP contribution in [-0.4, -0.2) is 54.4 Å². The number of piperazine rings is 1. The fraction of sp³-hybridized carbons (Fsp3) is 0.312. The normalized spacial score (nSPS) is 14.5. The summed E-state index contributed by atoms with van der Waals surface area (Å²) >= 11 is 4.67. The van der Waals surface area contributed by atoms with E-state index in [9.17, 15) is 9.59 Å². The van der Waals surface area contributed by atoms with Crippen LogP contribution < -0.4 is 10.2 Å². The molecule has 2 aromatic heterocycles. The number of nitrogens with one attached hydrogen (secondary N) is 1. The van der Waals surface area contributed by atoms with Crippen LogP contribution in [0.2, 0.25) is 0 Å². The zero-order valence-corrected chi connectivity index (χ0v) is 15.3. The van der Waals surface area contributed by atoms with Gasteiger partial charge in [0.05, 0.1) is 15.2 Å². The number of amides is 2. The van der Waals surface area contributed by atoms with Crippen molar-refractivity contribution in [3.8, 4) is 0 Å². The maximum Gasteiger partial charge on any atom is 0.261 e. The second-order valence-corrected chi connectivity index (χ2v) is 7.81. The zero-order chi connectivity index (χ0) is 16.9. The minimum atomic E-state index is -0.217. The zero-order valence-electron chi connectivity index (χ0n) is 12.9. The van der Waals surface area contributed by atoms with E-state index >= 15 is 0 Å². The summed E-state index contributed by atoms with van der Waals surface area (Å²) in [6.45, 7) is 2.78. The van der Waals surface area contributed by atoms with Gasteiger partial charge in [-0.05, 0) is 40.2 Å². The average molecular weight is 409 g/mol. The second kappa shape index (κ2) is 7.76. The Morgan fingerprint density at radius 3 is 2.58 bits per heavy atom. The van der Waals surface area contributed by atoms with E-state index in [1.54, 1.807) is 17.2 Å². The Morgan fingerprint density at radius 2 is 1.96 bits per heavy atom. The number of aromatic nitrogens is 1. The van der Waals surface area contributed by atoms with Crippen molar-refractivity contribution in [2.45, 2.75) is 0 Å². The molecule has 0 bridgehead atoms. The monoisotopic (exact) mass is 408 g/mol. The number of hydrogen-bond acceptors (Lipinski definition) is 5. The molecule has 0 aliphatic carbocycles. The Labute approximate surface area is 152 Å². The smallest absolute Gasteiger partial charge is 0.261 e. The number of carbonyl (C=O) groups excluding carboxylic acids is 2. The maximum absolute atomic E-state index is 12.3. The molecule has 0 spiro atoms. The van der Waals surface area contributed by atoms with Crippen molar-refractivity contribution >= 4 is 44.9 Å². The molecule has 8 heteroatoms. The lowest BCUT2D eigenvalue weighted by Crippen LogP contribution is -2.51. The summed E-state index contributed by atoms with van der Waals surface area (Å²) in [4.78, 5) is 33.1. The van der Waals surface area contributed by atoms with E-state index in [4.69, 9.17) is 0 Å². The van der Waals surface area contributed by atoms with E-state index in [1.165, 1.54) is 11.3 Å². The molecule has 1 N–H and O–H groups in total. The van der Waals surface area contributed by atoms with Crippen molar-refractivity contribution in [1.82, 2.24) is 15.2 Å². The molecular weight excluding hydrogens is 392 g/mol. The Morgan fingerprint density at radius 1 is 1.17 bits per heavy atom. The van der Waals surface area contributed by atoms with Crippen molar-refractivity contribution in [1.29, 1.82) is 0 Å². The van der Waals surface area contributed by atoms with Crippen LogP contribution >= 0.6 is 27.3 Å². The van der Waals surface area contributed by atoms with Gasteiger partial charge in [-0.25, -0.2) is 4.98 Å². The summed E-state index contributed by atoms with van der Waals surface area (Å²) in [6.07, 6.45) is 1.77. The molecule has 3 heterocycles. The molecule has 0 radical (unpaired) electrons. The van der Waals surface area contributed by atoms with Gasteiger partial charge in [0.15, 0.2) is 0 Å². The van der Waals surface area contributed by atoms with E-state index < -0.39 is 0 Å². The fourth-order valence-electron chi connectivity index (χ4n) is 2.52. The van der Waals surface area contributed by atoms with Crippen LogP contribution in [0.15, 0.2) is 40.3 Å². The van der Waals surface area contributed by atoms with Gasteiger partial charge < -0.3 is 15.1 Å². The van der Waals surface area contributed by atoms with Crippen LogP contribution in [0.1, 0.15) is 9.67 Å². The average Bonchev–Trinajstić information content (AvgIpc) is 3.07. The highest BCUT2D eigenvalue weighted by Gasteiger charge is 2.22. The van der Waals surface area contributed by atoms with E-state index in [-0.39, 0.29) is 18.4 Å². The van der Waals surface area contributed by atoms with Gasteiger partial charge in [0.2, 0.25) is 5.91 Å². The van der Waals surface area contributed by atoms with E-state index in [1.807, 2.05) is 24.3 Å². The topological polar surface area (TPSA) is 65.5 Å². The molecule has 24 heavy (non-hydrogen) atoms. The Hall–Kier alpha value is -1.93. The van der Waals surface area contributed by atoms with Crippen LogP contribution in [0.25, 0.3) is 0 Å².